The highest BCUT2D eigenvalue weighted by molar-refractivity contribution is 7.09. The Morgan fingerprint density at radius 2 is 2.08 bits per heavy atom. The van der Waals surface area contributed by atoms with Gasteiger partial charge in [-0.1, -0.05) is 32.0 Å². The summed E-state index contributed by atoms with van der Waals surface area (Å²) in [6.07, 6.45) is 0.822. The maximum Gasteiger partial charge on any atom is 0.225 e. The number of benzene rings is 1. The van der Waals surface area contributed by atoms with E-state index in [1.807, 2.05) is 55.3 Å². The second kappa shape index (κ2) is 10.3. The lowest BCUT2D eigenvalue weighted by atomic mass is 10.2. The van der Waals surface area contributed by atoms with Gasteiger partial charge in [-0.2, -0.15) is 0 Å². The van der Waals surface area contributed by atoms with E-state index < -0.39 is 0 Å². The van der Waals surface area contributed by atoms with Crippen molar-refractivity contribution in [3.05, 3.63) is 45.9 Å². The summed E-state index contributed by atoms with van der Waals surface area (Å²) in [6, 6.07) is 7.94. The molecule has 0 N–H and O–H groups in total. The average Bonchev–Trinajstić information content (AvgIpc) is 3.07. The summed E-state index contributed by atoms with van der Waals surface area (Å²) in [5, 5.41) is 2.92. The van der Waals surface area contributed by atoms with Crippen LogP contribution in [0.2, 0.25) is 0 Å². The maximum atomic E-state index is 12.4. The van der Waals surface area contributed by atoms with Gasteiger partial charge in [0, 0.05) is 31.6 Å². The first-order valence-electron chi connectivity index (χ1n) is 8.90. The molecule has 6 heteroatoms. The van der Waals surface area contributed by atoms with Crippen molar-refractivity contribution in [3.63, 3.8) is 0 Å². The van der Waals surface area contributed by atoms with Gasteiger partial charge in [-0.15, -0.1) is 11.3 Å². The van der Waals surface area contributed by atoms with Crippen LogP contribution in [-0.4, -0.2) is 36.1 Å². The van der Waals surface area contributed by atoms with Crippen molar-refractivity contribution in [1.82, 2.24) is 9.88 Å². The Morgan fingerprint density at radius 3 is 2.77 bits per heavy atom. The van der Waals surface area contributed by atoms with Crippen LogP contribution in [0.25, 0.3) is 0 Å². The van der Waals surface area contributed by atoms with Crippen molar-refractivity contribution < 1.29 is 14.3 Å². The van der Waals surface area contributed by atoms with Gasteiger partial charge < -0.3 is 14.4 Å². The zero-order valence-corrected chi connectivity index (χ0v) is 16.8. The number of ether oxygens (including phenoxy) is 2. The molecule has 5 nitrogen and oxygen atoms in total. The summed E-state index contributed by atoms with van der Waals surface area (Å²) in [4.78, 5) is 18.9. The molecule has 0 aliphatic rings. The van der Waals surface area contributed by atoms with Gasteiger partial charge in [-0.25, -0.2) is 4.98 Å². The number of aryl methyl sites for hydroxylation is 1. The lowest BCUT2D eigenvalue weighted by Crippen LogP contribution is -2.35. The number of carbonyl (C=O) groups is 1. The van der Waals surface area contributed by atoms with E-state index in [0.717, 1.165) is 28.4 Å². The fraction of sp³-hybridized carbons (Fsp3) is 0.500. The third-order valence-corrected chi connectivity index (χ3v) is 4.85. The number of thiazole rings is 1. The van der Waals surface area contributed by atoms with Crippen LogP contribution >= 0.6 is 11.3 Å². The molecule has 2 rings (SSSR count). The van der Waals surface area contributed by atoms with Crippen LogP contribution < -0.4 is 4.74 Å². The Morgan fingerprint density at radius 1 is 1.31 bits per heavy atom. The second-order valence-corrected chi connectivity index (χ2v) is 7.49. The van der Waals surface area contributed by atoms with Crippen LogP contribution in [0.15, 0.2) is 29.6 Å². The highest BCUT2D eigenvalue weighted by Crippen LogP contribution is 2.20. The molecule has 0 aliphatic carbocycles. The number of rotatable bonds is 10. The summed E-state index contributed by atoms with van der Waals surface area (Å²) in [5.74, 6) is 0.993. The third kappa shape index (κ3) is 6.11. The van der Waals surface area contributed by atoms with Crippen molar-refractivity contribution in [2.24, 2.45) is 5.92 Å². The Bertz CT molecular complexity index is 700. The maximum absolute atomic E-state index is 12.4. The summed E-state index contributed by atoms with van der Waals surface area (Å²) < 4.78 is 11.0. The van der Waals surface area contributed by atoms with Crippen LogP contribution in [0.3, 0.4) is 0 Å². The van der Waals surface area contributed by atoms with E-state index in [2.05, 4.69) is 4.98 Å². The lowest BCUT2D eigenvalue weighted by Gasteiger charge is -2.23. The number of amides is 1. The first-order valence-corrected chi connectivity index (χ1v) is 9.78. The smallest absolute Gasteiger partial charge is 0.225 e. The number of methoxy groups -OCH3 is 1. The summed E-state index contributed by atoms with van der Waals surface area (Å²) in [7, 11) is 1.68. The number of hydrogen-bond acceptors (Lipinski definition) is 5. The molecule has 1 aromatic carbocycles. The van der Waals surface area contributed by atoms with Gasteiger partial charge in [0.2, 0.25) is 5.91 Å². The minimum absolute atomic E-state index is 0.0277. The SMILES string of the molecule is COCCCN(Cc1csc(COc2ccccc2C)n1)C(=O)C(C)C. The van der Waals surface area contributed by atoms with Crippen LogP contribution in [0, 0.1) is 12.8 Å². The zero-order chi connectivity index (χ0) is 18.9. The van der Waals surface area contributed by atoms with Crippen molar-refractivity contribution in [2.45, 2.75) is 40.3 Å². The van der Waals surface area contributed by atoms with Crippen LogP contribution in [0.5, 0.6) is 5.75 Å². The first-order chi connectivity index (χ1) is 12.5. The molecule has 0 unspecified atom stereocenters. The van der Waals surface area contributed by atoms with E-state index in [1.165, 1.54) is 0 Å². The van der Waals surface area contributed by atoms with E-state index in [4.69, 9.17) is 9.47 Å². The molecule has 142 valence electrons. The molecule has 2 aromatic rings. The van der Waals surface area contributed by atoms with Gasteiger partial charge in [0.05, 0.1) is 12.2 Å². The Kier molecular flexibility index (Phi) is 8.06. The van der Waals surface area contributed by atoms with E-state index in [1.54, 1.807) is 18.4 Å². The van der Waals surface area contributed by atoms with E-state index in [-0.39, 0.29) is 11.8 Å². The minimum Gasteiger partial charge on any atom is -0.486 e. The molecule has 0 aliphatic heterocycles. The highest BCUT2D eigenvalue weighted by atomic mass is 32.1. The summed E-state index contributed by atoms with van der Waals surface area (Å²) in [6.45, 7) is 8.17. The standard InChI is InChI=1S/C20H28N2O3S/c1-15(2)20(23)22(10-7-11-24-4)12-17-14-26-19(21-17)13-25-18-9-6-5-8-16(18)3/h5-6,8-9,14-15H,7,10-13H2,1-4H3. The molecule has 0 spiro atoms. The molecule has 1 heterocycles. The fourth-order valence-electron chi connectivity index (χ4n) is 2.57. The van der Waals surface area contributed by atoms with Crippen molar-refractivity contribution in [1.29, 1.82) is 0 Å². The second-order valence-electron chi connectivity index (χ2n) is 6.55. The van der Waals surface area contributed by atoms with E-state index >= 15 is 0 Å². The molecule has 0 radical (unpaired) electrons. The van der Waals surface area contributed by atoms with Gasteiger partial charge in [0.25, 0.3) is 0 Å². The predicted molar refractivity (Wildman–Crippen MR) is 104 cm³/mol. The summed E-state index contributed by atoms with van der Waals surface area (Å²) >= 11 is 1.57. The number of nitrogens with zero attached hydrogens (tertiary/aromatic N) is 2. The molecule has 0 atom stereocenters. The zero-order valence-electron chi connectivity index (χ0n) is 16.0. The number of carbonyl (C=O) groups excluding carboxylic acids is 1. The van der Waals surface area contributed by atoms with E-state index in [0.29, 0.717) is 26.3 Å². The molecule has 1 amide bonds. The molecule has 0 saturated carbocycles. The van der Waals surface area contributed by atoms with Crippen LogP contribution in [-0.2, 0) is 22.7 Å². The molecular weight excluding hydrogens is 348 g/mol. The lowest BCUT2D eigenvalue weighted by molar-refractivity contribution is -0.135. The Labute approximate surface area is 160 Å². The Hall–Kier alpha value is -1.92. The third-order valence-electron chi connectivity index (χ3n) is 3.98. The Balaban J connectivity index is 1.95. The molecule has 0 fully saturated rings. The van der Waals surface area contributed by atoms with E-state index in [9.17, 15) is 4.79 Å². The van der Waals surface area contributed by atoms with Crippen molar-refractivity contribution in [2.75, 3.05) is 20.3 Å². The monoisotopic (exact) mass is 376 g/mol. The van der Waals surface area contributed by atoms with Gasteiger partial charge in [0.1, 0.15) is 17.4 Å². The van der Waals surface area contributed by atoms with Gasteiger partial charge >= 0.3 is 0 Å². The van der Waals surface area contributed by atoms with Gasteiger partial charge in [-0.05, 0) is 25.0 Å². The van der Waals surface area contributed by atoms with Gasteiger partial charge in [0.15, 0.2) is 0 Å². The van der Waals surface area contributed by atoms with Gasteiger partial charge in [-0.3, -0.25) is 4.79 Å². The number of aromatic nitrogens is 1. The van der Waals surface area contributed by atoms with Crippen LogP contribution in [0.1, 0.15) is 36.5 Å². The largest absolute Gasteiger partial charge is 0.486 e. The topological polar surface area (TPSA) is 51.7 Å². The fourth-order valence-corrected chi connectivity index (χ4v) is 3.27. The normalized spacial score (nSPS) is 11.0. The first kappa shape index (κ1) is 20.4. The average molecular weight is 377 g/mol. The molecule has 1 aromatic heterocycles. The molecular formula is C20H28N2O3S. The minimum atomic E-state index is -0.0277. The van der Waals surface area contributed by atoms with Crippen molar-refractivity contribution in [3.8, 4) is 5.75 Å². The molecule has 0 bridgehead atoms. The number of hydrogen-bond donors (Lipinski definition) is 0. The summed E-state index contributed by atoms with van der Waals surface area (Å²) in [5.41, 5.74) is 2.01. The molecule has 0 saturated heterocycles. The van der Waals surface area contributed by atoms with Crippen LogP contribution in [0.4, 0.5) is 0 Å². The number of para-hydroxylation sites is 1. The quantitative estimate of drug-likeness (QED) is 0.587. The highest BCUT2D eigenvalue weighted by Gasteiger charge is 2.18. The molecule has 26 heavy (non-hydrogen) atoms. The predicted octanol–water partition coefficient (Wildman–Crippen LogP) is 4.05. The van der Waals surface area contributed by atoms with Crippen molar-refractivity contribution >= 4 is 17.2 Å².